The van der Waals surface area contributed by atoms with E-state index in [1.165, 1.54) is 4.90 Å². The smallest absolute Gasteiger partial charge is 0.407 e. The zero-order chi connectivity index (χ0) is 9.26. The average Bonchev–Trinajstić information content (AvgIpc) is 2.17. The van der Waals surface area contributed by atoms with E-state index in [-0.39, 0.29) is 6.10 Å². The summed E-state index contributed by atoms with van der Waals surface area (Å²) in [6, 6.07) is 0. The van der Waals surface area contributed by atoms with Crippen molar-refractivity contribution in [2.45, 2.75) is 12.5 Å². The van der Waals surface area contributed by atoms with E-state index in [2.05, 4.69) is 4.99 Å². The molecule has 0 radical (unpaired) electrons. The third-order valence-electron chi connectivity index (χ3n) is 2.20. The van der Waals surface area contributed by atoms with Gasteiger partial charge in [0.05, 0.1) is 18.5 Å². The zero-order valence-corrected chi connectivity index (χ0v) is 7.01. The number of amides is 1. The molecule has 0 bridgehead atoms. The molecule has 0 saturated carbocycles. The SMILES string of the molecule is O=C(O)N1CCC2OC=CN=C2C1. The van der Waals surface area contributed by atoms with Crippen LogP contribution in [-0.2, 0) is 4.74 Å². The van der Waals surface area contributed by atoms with Crippen LogP contribution in [-0.4, -0.2) is 41.0 Å². The van der Waals surface area contributed by atoms with Crippen molar-refractivity contribution in [3.05, 3.63) is 12.5 Å². The van der Waals surface area contributed by atoms with Gasteiger partial charge in [0, 0.05) is 13.0 Å². The summed E-state index contributed by atoms with van der Waals surface area (Å²) in [5.74, 6) is 0. The van der Waals surface area contributed by atoms with Gasteiger partial charge in [-0.15, -0.1) is 0 Å². The molecule has 0 spiro atoms. The maximum atomic E-state index is 10.6. The Labute approximate surface area is 75.3 Å². The van der Waals surface area contributed by atoms with Gasteiger partial charge in [0.1, 0.15) is 12.4 Å². The minimum absolute atomic E-state index is 0.0133. The van der Waals surface area contributed by atoms with Crippen LogP contribution >= 0.6 is 0 Å². The highest BCUT2D eigenvalue weighted by Crippen LogP contribution is 2.15. The quantitative estimate of drug-likeness (QED) is 0.599. The van der Waals surface area contributed by atoms with Gasteiger partial charge in [-0.25, -0.2) is 4.79 Å². The standard InChI is InChI=1S/C8H10N2O3/c11-8(12)10-3-1-7-6(5-10)9-2-4-13-7/h2,4,7H,1,3,5H2,(H,11,12). The predicted octanol–water partition coefficient (Wildman–Crippen LogP) is 0.681. The number of rotatable bonds is 0. The molecule has 13 heavy (non-hydrogen) atoms. The molecular formula is C8H10N2O3. The summed E-state index contributed by atoms with van der Waals surface area (Å²) in [5, 5.41) is 8.74. The van der Waals surface area contributed by atoms with Gasteiger partial charge in [0.25, 0.3) is 0 Å². The number of hydrogen-bond acceptors (Lipinski definition) is 3. The minimum atomic E-state index is -0.893. The van der Waals surface area contributed by atoms with Crippen LogP contribution in [0.2, 0.25) is 0 Å². The third-order valence-corrected chi connectivity index (χ3v) is 2.20. The summed E-state index contributed by atoms with van der Waals surface area (Å²) in [4.78, 5) is 16.1. The minimum Gasteiger partial charge on any atom is -0.490 e. The molecule has 1 saturated heterocycles. The van der Waals surface area contributed by atoms with Gasteiger partial charge in [0.2, 0.25) is 0 Å². The van der Waals surface area contributed by atoms with Crippen molar-refractivity contribution in [1.29, 1.82) is 0 Å². The van der Waals surface area contributed by atoms with Gasteiger partial charge >= 0.3 is 6.09 Å². The van der Waals surface area contributed by atoms with E-state index in [1.807, 2.05) is 0 Å². The van der Waals surface area contributed by atoms with Crippen molar-refractivity contribution in [2.24, 2.45) is 4.99 Å². The highest BCUT2D eigenvalue weighted by Gasteiger charge is 2.29. The molecule has 1 amide bonds. The topological polar surface area (TPSA) is 62.1 Å². The fraction of sp³-hybridized carbons (Fsp3) is 0.500. The lowest BCUT2D eigenvalue weighted by Gasteiger charge is -2.31. The van der Waals surface area contributed by atoms with E-state index < -0.39 is 6.09 Å². The second-order valence-corrected chi connectivity index (χ2v) is 3.02. The Bertz CT molecular complexity index is 285. The highest BCUT2D eigenvalue weighted by molar-refractivity contribution is 5.94. The first kappa shape index (κ1) is 8.10. The Kier molecular flexibility index (Phi) is 1.92. The Balaban J connectivity index is 2.09. The van der Waals surface area contributed by atoms with E-state index in [0.717, 1.165) is 5.71 Å². The second-order valence-electron chi connectivity index (χ2n) is 3.02. The molecule has 2 heterocycles. The second kappa shape index (κ2) is 3.08. The number of ether oxygens (including phenoxy) is 1. The summed E-state index contributed by atoms with van der Waals surface area (Å²) >= 11 is 0. The lowest BCUT2D eigenvalue weighted by Crippen LogP contribution is -2.47. The summed E-state index contributed by atoms with van der Waals surface area (Å²) in [5.41, 5.74) is 0.802. The van der Waals surface area contributed by atoms with E-state index in [9.17, 15) is 4.79 Å². The monoisotopic (exact) mass is 182 g/mol. The van der Waals surface area contributed by atoms with Gasteiger partial charge < -0.3 is 14.7 Å². The Hall–Kier alpha value is -1.52. The van der Waals surface area contributed by atoms with Crippen LogP contribution in [0.3, 0.4) is 0 Å². The molecule has 0 aliphatic carbocycles. The molecule has 1 atom stereocenters. The number of piperidine rings is 1. The zero-order valence-electron chi connectivity index (χ0n) is 7.01. The van der Waals surface area contributed by atoms with Crippen molar-refractivity contribution in [3.63, 3.8) is 0 Å². The highest BCUT2D eigenvalue weighted by atomic mass is 16.5. The molecule has 70 valence electrons. The first-order valence-corrected chi connectivity index (χ1v) is 4.12. The Morgan fingerprint density at radius 2 is 2.62 bits per heavy atom. The summed E-state index contributed by atoms with van der Waals surface area (Å²) in [6.07, 6.45) is 2.88. The van der Waals surface area contributed by atoms with E-state index in [0.29, 0.717) is 19.5 Å². The Morgan fingerprint density at radius 3 is 3.38 bits per heavy atom. The van der Waals surface area contributed by atoms with Crippen molar-refractivity contribution < 1.29 is 14.6 Å². The van der Waals surface area contributed by atoms with Crippen molar-refractivity contribution in [3.8, 4) is 0 Å². The van der Waals surface area contributed by atoms with Gasteiger partial charge in [-0.2, -0.15) is 0 Å². The number of hydrogen-bond donors (Lipinski definition) is 1. The van der Waals surface area contributed by atoms with Crippen molar-refractivity contribution in [2.75, 3.05) is 13.1 Å². The van der Waals surface area contributed by atoms with Crippen LogP contribution in [0.25, 0.3) is 0 Å². The fourth-order valence-corrected chi connectivity index (χ4v) is 1.51. The van der Waals surface area contributed by atoms with Crippen molar-refractivity contribution >= 4 is 11.8 Å². The fourth-order valence-electron chi connectivity index (χ4n) is 1.51. The lowest BCUT2D eigenvalue weighted by atomic mass is 10.1. The van der Waals surface area contributed by atoms with Gasteiger partial charge in [-0.3, -0.25) is 4.99 Å². The number of likely N-dealkylation sites (tertiary alicyclic amines) is 1. The number of fused-ring (bicyclic) bond motifs is 1. The van der Waals surface area contributed by atoms with Gasteiger partial charge in [0.15, 0.2) is 0 Å². The molecule has 0 aromatic heterocycles. The van der Waals surface area contributed by atoms with E-state index in [1.54, 1.807) is 12.5 Å². The maximum absolute atomic E-state index is 10.6. The Morgan fingerprint density at radius 1 is 1.77 bits per heavy atom. The first-order chi connectivity index (χ1) is 6.27. The van der Waals surface area contributed by atoms with Crippen LogP contribution in [0.1, 0.15) is 6.42 Å². The molecule has 2 rings (SSSR count). The van der Waals surface area contributed by atoms with Crippen LogP contribution in [0.4, 0.5) is 4.79 Å². The largest absolute Gasteiger partial charge is 0.490 e. The predicted molar refractivity (Wildman–Crippen MR) is 45.7 cm³/mol. The molecular weight excluding hydrogens is 172 g/mol. The molecule has 1 unspecified atom stereocenters. The molecule has 5 heteroatoms. The van der Waals surface area contributed by atoms with Crippen LogP contribution < -0.4 is 0 Å². The molecule has 2 aliphatic rings. The summed E-state index contributed by atoms with van der Waals surface area (Å²) < 4.78 is 5.28. The number of carbonyl (C=O) groups is 1. The first-order valence-electron chi connectivity index (χ1n) is 4.12. The number of carboxylic acid groups (broad SMARTS) is 1. The molecule has 5 nitrogen and oxygen atoms in total. The molecule has 2 aliphatic heterocycles. The third kappa shape index (κ3) is 1.49. The lowest BCUT2D eigenvalue weighted by molar-refractivity contribution is 0.121. The summed E-state index contributed by atoms with van der Waals surface area (Å²) in [6.45, 7) is 0.886. The number of aliphatic imine (C=N–C) groups is 1. The van der Waals surface area contributed by atoms with E-state index >= 15 is 0 Å². The maximum Gasteiger partial charge on any atom is 0.407 e. The van der Waals surface area contributed by atoms with Crippen molar-refractivity contribution in [1.82, 2.24) is 4.90 Å². The van der Waals surface area contributed by atoms with Crippen LogP contribution in [0, 0.1) is 0 Å². The van der Waals surface area contributed by atoms with Crippen LogP contribution in [0.15, 0.2) is 17.5 Å². The van der Waals surface area contributed by atoms with Gasteiger partial charge in [-0.1, -0.05) is 0 Å². The summed E-state index contributed by atoms with van der Waals surface area (Å²) in [7, 11) is 0. The normalized spacial score (nSPS) is 26.0. The molecule has 0 aromatic carbocycles. The molecule has 1 N–H and O–H groups in total. The van der Waals surface area contributed by atoms with Gasteiger partial charge in [-0.05, 0) is 0 Å². The average molecular weight is 182 g/mol. The van der Waals surface area contributed by atoms with Crippen LogP contribution in [0.5, 0.6) is 0 Å². The number of nitrogens with zero attached hydrogens (tertiary/aromatic N) is 2. The van der Waals surface area contributed by atoms with E-state index in [4.69, 9.17) is 9.84 Å². The molecule has 1 fully saturated rings. The molecule has 0 aromatic rings.